The number of aliphatic imine (C=N–C) groups is 1. The SMILES string of the molecule is CCNC(=NCc1ccc(Br)cc1)NCC1CCCS1.I. The van der Waals surface area contributed by atoms with E-state index < -0.39 is 0 Å². The van der Waals surface area contributed by atoms with Crippen molar-refractivity contribution in [2.24, 2.45) is 4.99 Å². The number of halogens is 2. The van der Waals surface area contributed by atoms with Crippen LogP contribution < -0.4 is 10.6 Å². The Hall–Kier alpha value is 0.0500. The smallest absolute Gasteiger partial charge is 0.191 e. The fraction of sp³-hybridized carbons (Fsp3) is 0.533. The number of hydrogen-bond donors (Lipinski definition) is 2. The van der Waals surface area contributed by atoms with E-state index in [2.05, 4.69) is 74.5 Å². The van der Waals surface area contributed by atoms with Crippen LogP contribution in [0, 0.1) is 0 Å². The zero-order chi connectivity index (χ0) is 14.2. The normalized spacial score (nSPS) is 18.2. The van der Waals surface area contributed by atoms with E-state index in [-0.39, 0.29) is 24.0 Å². The van der Waals surface area contributed by atoms with Crippen molar-refractivity contribution in [3.8, 4) is 0 Å². The standard InChI is InChI=1S/C15H22BrN3S.HI/c1-2-17-15(19-11-14-4-3-9-20-14)18-10-12-5-7-13(16)8-6-12;/h5-8,14H,2-4,9-11H2,1H3,(H2,17,18,19);1H. The van der Waals surface area contributed by atoms with E-state index in [0.29, 0.717) is 6.54 Å². The van der Waals surface area contributed by atoms with Crippen molar-refractivity contribution >= 4 is 57.6 Å². The second kappa shape index (κ2) is 10.7. The third-order valence-corrected chi connectivity index (χ3v) is 5.13. The van der Waals surface area contributed by atoms with Gasteiger partial charge < -0.3 is 10.6 Å². The molecule has 0 radical (unpaired) electrons. The van der Waals surface area contributed by atoms with Crippen LogP contribution in [0.2, 0.25) is 0 Å². The fourth-order valence-electron chi connectivity index (χ4n) is 2.12. The lowest BCUT2D eigenvalue weighted by Crippen LogP contribution is -2.40. The van der Waals surface area contributed by atoms with Crippen LogP contribution in [0.15, 0.2) is 33.7 Å². The molecule has 1 aromatic rings. The van der Waals surface area contributed by atoms with Crippen LogP contribution in [-0.2, 0) is 6.54 Å². The molecule has 0 aliphatic carbocycles. The molecule has 1 atom stereocenters. The molecule has 1 unspecified atom stereocenters. The monoisotopic (exact) mass is 483 g/mol. The number of hydrogen-bond acceptors (Lipinski definition) is 2. The molecular weight excluding hydrogens is 461 g/mol. The molecule has 0 amide bonds. The van der Waals surface area contributed by atoms with Crippen LogP contribution in [-0.4, -0.2) is 30.1 Å². The van der Waals surface area contributed by atoms with Crippen LogP contribution in [0.4, 0.5) is 0 Å². The first kappa shape index (κ1) is 19.1. The highest BCUT2D eigenvalue weighted by molar-refractivity contribution is 14.0. The molecule has 1 saturated heterocycles. The Morgan fingerprint density at radius 1 is 1.33 bits per heavy atom. The van der Waals surface area contributed by atoms with Crippen molar-refractivity contribution in [3.05, 3.63) is 34.3 Å². The maximum atomic E-state index is 4.64. The van der Waals surface area contributed by atoms with E-state index in [1.54, 1.807) is 0 Å². The zero-order valence-corrected chi connectivity index (χ0v) is 17.0. The van der Waals surface area contributed by atoms with Gasteiger partial charge in [-0.15, -0.1) is 24.0 Å². The minimum atomic E-state index is 0. The molecule has 0 spiro atoms. The topological polar surface area (TPSA) is 36.4 Å². The number of guanidine groups is 1. The Kier molecular flexibility index (Phi) is 9.75. The van der Waals surface area contributed by atoms with Gasteiger partial charge in [0.15, 0.2) is 5.96 Å². The largest absolute Gasteiger partial charge is 0.357 e. The van der Waals surface area contributed by atoms with Gasteiger partial charge in [0, 0.05) is 22.8 Å². The van der Waals surface area contributed by atoms with E-state index in [0.717, 1.165) is 28.8 Å². The number of benzene rings is 1. The Balaban J connectivity index is 0.00000220. The van der Waals surface area contributed by atoms with E-state index in [9.17, 15) is 0 Å². The number of nitrogens with one attached hydrogen (secondary N) is 2. The van der Waals surface area contributed by atoms with Gasteiger partial charge in [-0.1, -0.05) is 28.1 Å². The molecule has 21 heavy (non-hydrogen) atoms. The number of nitrogens with zero attached hydrogens (tertiary/aromatic N) is 1. The van der Waals surface area contributed by atoms with Gasteiger partial charge in [-0.2, -0.15) is 11.8 Å². The summed E-state index contributed by atoms with van der Waals surface area (Å²) in [5, 5.41) is 7.50. The van der Waals surface area contributed by atoms with E-state index in [1.165, 1.54) is 24.2 Å². The Morgan fingerprint density at radius 3 is 2.71 bits per heavy atom. The van der Waals surface area contributed by atoms with Crippen LogP contribution in [0.1, 0.15) is 25.3 Å². The maximum absolute atomic E-state index is 4.64. The second-order valence-electron chi connectivity index (χ2n) is 4.84. The highest BCUT2D eigenvalue weighted by Gasteiger charge is 2.15. The summed E-state index contributed by atoms with van der Waals surface area (Å²) in [6.45, 7) is 4.71. The minimum absolute atomic E-state index is 0. The third kappa shape index (κ3) is 7.23. The van der Waals surface area contributed by atoms with Crippen molar-refractivity contribution in [1.82, 2.24) is 10.6 Å². The van der Waals surface area contributed by atoms with Gasteiger partial charge in [-0.3, -0.25) is 0 Å². The number of thioether (sulfide) groups is 1. The van der Waals surface area contributed by atoms with Crippen molar-refractivity contribution < 1.29 is 0 Å². The van der Waals surface area contributed by atoms with Gasteiger partial charge in [0.25, 0.3) is 0 Å². The van der Waals surface area contributed by atoms with Gasteiger partial charge >= 0.3 is 0 Å². The summed E-state index contributed by atoms with van der Waals surface area (Å²) in [4.78, 5) is 4.64. The molecule has 118 valence electrons. The second-order valence-corrected chi connectivity index (χ2v) is 7.16. The summed E-state index contributed by atoms with van der Waals surface area (Å²) in [5.74, 6) is 2.22. The van der Waals surface area contributed by atoms with Crippen LogP contribution in [0.5, 0.6) is 0 Å². The van der Waals surface area contributed by atoms with E-state index >= 15 is 0 Å². The first-order valence-corrected chi connectivity index (χ1v) is 9.00. The quantitative estimate of drug-likeness (QED) is 0.377. The zero-order valence-electron chi connectivity index (χ0n) is 12.3. The fourth-order valence-corrected chi connectivity index (χ4v) is 3.58. The van der Waals surface area contributed by atoms with Crippen LogP contribution in [0.3, 0.4) is 0 Å². The first-order valence-electron chi connectivity index (χ1n) is 7.16. The first-order chi connectivity index (χ1) is 9.78. The molecule has 2 rings (SSSR count). The molecule has 0 aromatic heterocycles. The summed E-state index contributed by atoms with van der Waals surface area (Å²) >= 11 is 5.52. The maximum Gasteiger partial charge on any atom is 0.191 e. The Labute approximate surface area is 157 Å². The summed E-state index contributed by atoms with van der Waals surface area (Å²) in [6, 6.07) is 8.31. The summed E-state index contributed by atoms with van der Waals surface area (Å²) < 4.78 is 1.11. The molecule has 1 heterocycles. The summed E-state index contributed by atoms with van der Waals surface area (Å²) in [5.41, 5.74) is 1.22. The lowest BCUT2D eigenvalue weighted by atomic mass is 10.2. The van der Waals surface area contributed by atoms with Crippen LogP contribution in [0.25, 0.3) is 0 Å². The van der Waals surface area contributed by atoms with Crippen molar-refractivity contribution in [2.75, 3.05) is 18.8 Å². The van der Waals surface area contributed by atoms with Gasteiger partial charge in [0.05, 0.1) is 6.54 Å². The van der Waals surface area contributed by atoms with Crippen molar-refractivity contribution in [2.45, 2.75) is 31.6 Å². The van der Waals surface area contributed by atoms with Crippen molar-refractivity contribution in [1.29, 1.82) is 0 Å². The average Bonchev–Trinajstić information content (AvgIpc) is 2.97. The highest BCUT2D eigenvalue weighted by atomic mass is 127. The van der Waals surface area contributed by atoms with Gasteiger partial charge in [0.1, 0.15) is 0 Å². The molecule has 2 N–H and O–H groups in total. The predicted octanol–water partition coefficient (Wildman–Crippen LogP) is 4.02. The Bertz CT molecular complexity index is 433. The van der Waals surface area contributed by atoms with Crippen molar-refractivity contribution in [3.63, 3.8) is 0 Å². The van der Waals surface area contributed by atoms with Gasteiger partial charge in [0.2, 0.25) is 0 Å². The van der Waals surface area contributed by atoms with Gasteiger partial charge in [-0.05, 0) is 43.2 Å². The summed E-state index contributed by atoms with van der Waals surface area (Å²) in [6.07, 6.45) is 2.67. The average molecular weight is 484 g/mol. The molecule has 0 bridgehead atoms. The molecular formula is C15H23BrIN3S. The predicted molar refractivity (Wildman–Crippen MR) is 108 cm³/mol. The molecule has 1 fully saturated rings. The lowest BCUT2D eigenvalue weighted by molar-refractivity contribution is 0.727. The molecule has 3 nitrogen and oxygen atoms in total. The highest BCUT2D eigenvalue weighted by Crippen LogP contribution is 2.25. The molecule has 0 saturated carbocycles. The van der Waals surface area contributed by atoms with Gasteiger partial charge in [-0.25, -0.2) is 4.99 Å². The third-order valence-electron chi connectivity index (χ3n) is 3.20. The van der Waals surface area contributed by atoms with Crippen LogP contribution >= 0.6 is 51.7 Å². The Morgan fingerprint density at radius 2 is 2.10 bits per heavy atom. The summed E-state index contributed by atoms with van der Waals surface area (Å²) in [7, 11) is 0. The molecule has 1 aliphatic rings. The minimum Gasteiger partial charge on any atom is -0.357 e. The van der Waals surface area contributed by atoms with E-state index in [4.69, 9.17) is 0 Å². The molecule has 1 aromatic carbocycles. The number of rotatable bonds is 5. The molecule has 6 heteroatoms. The molecule has 1 aliphatic heterocycles. The van der Waals surface area contributed by atoms with E-state index in [1.807, 2.05) is 0 Å². The lowest BCUT2D eigenvalue weighted by Gasteiger charge is -2.14.